The Bertz CT molecular complexity index is 422. The van der Waals surface area contributed by atoms with Crippen LogP contribution >= 0.6 is 0 Å². The van der Waals surface area contributed by atoms with Crippen molar-refractivity contribution in [3.63, 3.8) is 0 Å². The van der Waals surface area contributed by atoms with Gasteiger partial charge < -0.3 is 5.32 Å². The average Bonchev–Trinajstić information content (AvgIpc) is 3.34. The van der Waals surface area contributed by atoms with Crippen molar-refractivity contribution in [2.75, 3.05) is 13.1 Å². The van der Waals surface area contributed by atoms with E-state index in [-0.39, 0.29) is 0 Å². The number of nitrogens with zero attached hydrogens (tertiary/aromatic N) is 1. The number of likely N-dealkylation sites (tertiary alicyclic amines) is 1. The quantitative estimate of drug-likeness (QED) is 0.852. The van der Waals surface area contributed by atoms with Gasteiger partial charge in [-0.3, -0.25) is 4.90 Å². The van der Waals surface area contributed by atoms with E-state index in [0.717, 1.165) is 25.0 Å². The van der Waals surface area contributed by atoms with E-state index < -0.39 is 0 Å². The molecule has 1 saturated heterocycles. The molecule has 1 saturated carbocycles. The predicted octanol–water partition coefficient (Wildman–Crippen LogP) is 3.95. The highest BCUT2D eigenvalue weighted by Crippen LogP contribution is 2.22. The third kappa shape index (κ3) is 4.82. The number of nitrogens with one attached hydrogen (secondary N) is 1. The summed E-state index contributed by atoms with van der Waals surface area (Å²) in [6.45, 7) is 7.07. The standard InChI is InChI=1S/C19H30N2/c1-2-16-4-3-12-21(13-11-16)15-18-7-5-17(6-8-18)14-20-19-9-10-19/h5-8,16,19-20H,2-4,9-15H2,1H3. The van der Waals surface area contributed by atoms with Crippen LogP contribution in [0.1, 0.15) is 56.6 Å². The molecule has 116 valence electrons. The fraction of sp³-hybridized carbons (Fsp3) is 0.684. The van der Waals surface area contributed by atoms with Crippen molar-refractivity contribution in [1.29, 1.82) is 0 Å². The maximum Gasteiger partial charge on any atom is 0.0233 e. The van der Waals surface area contributed by atoms with Crippen LogP contribution in [-0.4, -0.2) is 24.0 Å². The number of benzene rings is 1. The first kappa shape index (κ1) is 15.1. The van der Waals surface area contributed by atoms with Crippen molar-refractivity contribution in [3.05, 3.63) is 35.4 Å². The summed E-state index contributed by atoms with van der Waals surface area (Å²) in [5, 5.41) is 3.58. The van der Waals surface area contributed by atoms with E-state index >= 15 is 0 Å². The lowest BCUT2D eigenvalue weighted by molar-refractivity contribution is 0.272. The molecule has 0 spiro atoms. The third-order valence-electron chi connectivity index (χ3n) is 5.12. The minimum Gasteiger partial charge on any atom is -0.310 e. The molecule has 1 unspecified atom stereocenters. The minimum atomic E-state index is 0.799. The molecule has 2 aliphatic rings. The monoisotopic (exact) mass is 286 g/mol. The van der Waals surface area contributed by atoms with Crippen LogP contribution in [0, 0.1) is 5.92 Å². The lowest BCUT2D eigenvalue weighted by atomic mass is 9.98. The molecule has 2 nitrogen and oxygen atoms in total. The zero-order valence-electron chi connectivity index (χ0n) is 13.5. The van der Waals surface area contributed by atoms with Crippen LogP contribution in [0.2, 0.25) is 0 Å². The fourth-order valence-electron chi connectivity index (χ4n) is 3.36. The Kier molecular flexibility index (Phi) is 5.32. The van der Waals surface area contributed by atoms with Gasteiger partial charge in [0.25, 0.3) is 0 Å². The second kappa shape index (κ2) is 7.42. The average molecular weight is 286 g/mol. The molecule has 1 heterocycles. The summed E-state index contributed by atoms with van der Waals surface area (Å²) in [6, 6.07) is 10.1. The first-order chi connectivity index (χ1) is 10.3. The molecule has 1 aliphatic carbocycles. The topological polar surface area (TPSA) is 15.3 Å². The van der Waals surface area contributed by atoms with Gasteiger partial charge in [0.1, 0.15) is 0 Å². The van der Waals surface area contributed by atoms with Gasteiger partial charge in [0, 0.05) is 19.1 Å². The Morgan fingerprint density at radius 1 is 1.00 bits per heavy atom. The summed E-state index contributed by atoms with van der Waals surface area (Å²) in [5.74, 6) is 0.964. The van der Waals surface area contributed by atoms with Crippen LogP contribution in [0.15, 0.2) is 24.3 Å². The number of hydrogen-bond donors (Lipinski definition) is 1. The Morgan fingerprint density at radius 2 is 1.76 bits per heavy atom. The summed E-state index contributed by atoms with van der Waals surface area (Å²) in [5.41, 5.74) is 2.90. The Labute approximate surface area is 129 Å². The van der Waals surface area contributed by atoms with E-state index in [2.05, 4.69) is 41.4 Å². The van der Waals surface area contributed by atoms with Crippen LogP contribution in [0.25, 0.3) is 0 Å². The summed E-state index contributed by atoms with van der Waals surface area (Å²) >= 11 is 0. The van der Waals surface area contributed by atoms with E-state index in [4.69, 9.17) is 0 Å². The van der Waals surface area contributed by atoms with Crippen molar-refractivity contribution in [2.24, 2.45) is 5.92 Å². The normalized spacial score (nSPS) is 24.0. The van der Waals surface area contributed by atoms with Gasteiger partial charge in [0.2, 0.25) is 0 Å². The molecule has 1 aromatic carbocycles. The Morgan fingerprint density at radius 3 is 2.48 bits per heavy atom. The number of hydrogen-bond acceptors (Lipinski definition) is 2. The molecule has 1 N–H and O–H groups in total. The lowest BCUT2D eigenvalue weighted by Crippen LogP contribution is -2.24. The van der Waals surface area contributed by atoms with Crippen LogP contribution in [-0.2, 0) is 13.1 Å². The van der Waals surface area contributed by atoms with Gasteiger partial charge in [-0.1, -0.05) is 37.6 Å². The summed E-state index contributed by atoms with van der Waals surface area (Å²) in [4.78, 5) is 2.65. The van der Waals surface area contributed by atoms with Gasteiger partial charge in [-0.15, -0.1) is 0 Å². The van der Waals surface area contributed by atoms with Gasteiger partial charge >= 0.3 is 0 Å². The van der Waals surface area contributed by atoms with E-state index in [1.807, 2.05) is 0 Å². The number of rotatable bonds is 6. The molecule has 0 radical (unpaired) electrons. The smallest absolute Gasteiger partial charge is 0.0233 e. The molecule has 2 heteroatoms. The highest BCUT2D eigenvalue weighted by Gasteiger charge is 2.20. The summed E-state index contributed by atoms with van der Waals surface area (Å²) < 4.78 is 0. The van der Waals surface area contributed by atoms with Crippen molar-refractivity contribution in [2.45, 2.75) is 64.6 Å². The highest BCUT2D eigenvalue weighted by atomic mass is 15.1. The minimum absolute atomic E-state index is 0.799. The zero-order valence-corrected chi connectivity index (χ0v) is 13.5. The summed E-state index contributed by atoms with van der Waals surface area (Å²) in [6.07, 6.45) is 8.29. The molecule has 3 rings (SSSR count). The largest absolute Gasteiger partial charge is 0.310 e. The maximum atomic E-state index is 3.58. The maximum absolute atomic E-state index is 3.58. The van der Waals surface area contributed by atoms with Crippen molar-refractivity contribution in [3.8, 4) is 0 Å². The molecule has 1 aromatic rings. The van der Waals surface area contributed by atoms with Gasteiger partial charge in [-0.25, -0.2) is 0 Å². The summed E-state index contributed by atoms with van der Waals surface area (Å²) in [7, 11) is 0. The molecule has 0 bridgehead atoms. The third-order valence-corrected chi connectivity index (χ3v) is 5.12. The molecule has 0 amide bonds. The first-order valence-electron chi connectivity index (χ1n) is 8.87. The van der Waals surface area contributed by atoms with Crippen LogP contribution in [0.5, 0.6) is 0 Å². The molecular weight excluding hydrogens is 256 g/mol. The van der Waals surface area contributed by atoms with E-state index in [1.165, 1.54) is 62.7 Å². The van der Waals surface area contributed by atoms with E-state index in [0.29, 0.717) is 0 Å². The van der Waals surface area contributed by atoms with Gasteiger partial charge in [-0.05, 0) is 62.2 Å². The molecule has 21 heavy (non-hydrogen) atoms. The zero-order chi connectivity index (χ0) is 14.5. The predicted molar refractivity (Wildman–Crippen MR) is 89.2 cm³/mol. The molecule has 2 fully saturated rings. The Hall–Kier alpha value is -0.860. The second-order valence-electron chi connectivity index (χ2n) is 6.95. The molecular formula is C19H30N2. The molecule has 1 aliphatic heterocycles. The first-order valence-corrected chi connectivity index (χ1v) is 8.87. The van der Waals surface area contributed by atoms with E-state index in [9.17, 15) is 0 Å². The van der Waals surface area contributed by atoms with Crippen LogP contribution in [0.3, 0.4) is 0 Å². The molecule has 1 atom stereocenters. The van der Waals surface area contributed by atoms with Crippen molar-refractivity contribution >= 4 is 0 Å². The van der Waals surface area contributed by atoms with Crippen molar-refractivity contribution < 1.29 is 0 Å². The Balaban J connectivity index is 1.47. The van der Waals surface area contributed by atoms with Gasteiger partial charge in [0.15, 0.2) is 0 Å². The SMILES string of the molecule is CCC1CCCN(Cc2ccc(CNC3CC3)cc2)CC1. The van der Waals surface area contributed by atoms with Gasteiger partial charge in [-0.2, -0.15) is 0 Å². The highest BCUT2D eigenvalue weighted by molar-refractivity contribution is 5.22. The lowest BCUT2D eigenvalue weighted by Gasteiger charge is -2.20. The van der Waals surface area contributed by atoms with Crippen LogP contribution < -0.4 is 5.32 Å². The van der Waals surface area contributed by atoms with Crippen molar-refractivity contribution in [1.82, 2.24) is 10.2 Å². The van der Waals surface area contributed by atoms with Crippen LogP contribution in [0.4, 0.5) is 0 Å². The fourth-order valence-corrected chi connectivity index (χ4v) is 3.36. The molecule has 0 aromatic heterocycles. The second-order valence-corrected chi connectivity index (χ2v) is 6.95. The van der Waals surface area contributed by atoms with E-state index in [1.54, 1.807) is 0 Å². The van der Waals surface area contributed by atoms with Gasteiger partial charge in [0.05, 0.1) is 0 Å².